The largest absolute Gasteiger partial charge is 0.454 e. The Balaban J connectivity index is 1.41. The molecule has 0 spiro atoms. The first-order valence-corrected chi connectivity index (χ1v) is 16.4. The van der Waals surface area contributed by atoms with Crippen LogP contribution in [0.15, 0.2) is 66.7 Å². The minimum atomic E-state index is -0.290. The van der Waals surface area contributed by atoms with Gasteiger partial charge < -0.3 is 19.3 Å². The first-order valence-electron chi connectivity index (χ1n) is 15.4. The summed E-state index contributed by atoms with van der Waals surface area (Å²) in [6.07, 6.45) is 0. The summed E-state index contributed by atoms with van der Waals surface area (Å²) in [6, 6.07) is 21.9. The van der Waals surface area contributed by atoms with Crippen molar-refractivity contribution in [2.24, 2.45) is 0 Å². The van der Waals surface area contributed by atoms with E-state index < -0.39 is 0 Å². The number of carbonyl (C=O) groups is 3. The molecule has 3 aromatic carbocycles. The lowest BCUT2D eigenvalue weighted by Crippen LogP contribution is -2.53. The molecular formula is C35H35N5O5S. The Labute approximate surface area is 271 Å². The molecule has 1 atom stereocenters. The topological polar surface area (TPSA) is 97.2 Å². The Morgan fingerprint density at radius 2 is 1.65 bits per heavy atom. The molecule has 7 rings (SSSR count). The molecule has 0 N–H and O–H groups in total. The molecule has 46 heavy (non-hydrogen) atoms. The molecule has 1 saturated heterocycles. The predicted octanol–water partition coefficient (Wildman–Crippen LogP) is 4.74. The highest BCUT2D eigenvalue weighted by Crippen LogP contribution is 2.50. The maximum Gasteiger partial charge on any atom is 0.242 e. The van der Waals surface area contributed by atoms with Crippen molar-refractivity contribution in [2.45, 2.75) is 26.0 Å². The standard InChI is InChI=1S/C35H35N5O5S/c1-22-8-7-11-27(23(22)2)40-35-32(33(36-40)25-9-5-4-6-10-25)34(26-12-13-28-29(18-26)45-21-44-28)46-20-31(43)39(35)19-30(42)38-16-14-37(15-17-38)24(3)41/h4-13,18,34H,14-17,19-21H2,1-3H3/t34-/m1/s1. The number of anilines is 1. The molecule has 0 radical (unpaired) electrons. The van der Waals surface area contributed by atoms with Gasteiger partial charge in [0.15, 0.2) is 11.5 Å². The number of hydrogen-bond donors (Lipinski definition) is 0. The van der Waals surface area contributed by atoms with E-state index in [0.29, 0.717) is 43.5 Å². The van der Waals surface area contributed by atoms with E-state index in [1.807, 2.05) is 72.3 Å². The molecule has 0 aliphatic carbocycles. The van der Waals surface area contributed by atoms with Crippen molar-refractivity contribution in [2.75, 3.05) is 50.2 Å². The summed E-state index contributed by atoms with van der Waals surface area (Å²) in [5, 5.41) is 4.95. The number of aromatic nitrogens is 2. The number of carbonyl (C=O) groups excluding carboxylic acids is 3. The van der Waals surface area contributed by atoms with Crippen LogP contribution in [-0.2, 0) is 14.4 Å². The van der Waals surface area contributed by atoms with E-state index in [2.05, 4.69) is 13.0 Å². The van der Waals surface area contributed by atoms with Crippen molar-refractivity contribution in [3.05, 3.63) is 89.0 Å². The molecule has 4 heterocycles. The molecule has 11 heteroatoms. The van der Waals surface area contributed by atoms with Crippen LogP contribution in [0.1, 0.15) is 34.4 Å². The monoisotopic (exact) mass is 637 g/mol. The Morgan fingerprint density at radius 1 is 0.913 bits per heavy atom. The molecule has 0 bridgehead atoms. The fourth-order valence-corrected chi connectivity index (χ4v) is 7.49. The summed E-state index contributed by atoms with van der Waals surface area (Å²) in [5.41, 5.74) is 6.43. The van der Waals surface area contributed by atoms with E-state index in [9.17, 15) is 14.4 Å². The number of amides is 3. The first kappa shape index (κ1) is 29.9. The molecule has 3 aliphatic rings. The molecule has 0 saturated carbocycles. The fraction of sp³-hybridized carbons (Fsp3) is 0.314. The van der Waals surface area contributed by atoms with Gasteiger partial charge >= 0.3 is 0 Å². The van der Waals surface area contributed by atoms with Crippen LogP contribution in [0.3, 0.4) is 0 Å². The minimum Gasteiger partial charge on any atom is -0.454 e. The van der Waals surface area contributed by atoms with Crippen molar-refractivity contribution in [1.29, 1.82) is 0 Å². The lowest BCUT2D eigenvalue weighted by atomic mass is 9.99. The third kappa shape index (κ3) is 5.38. The van der Waals surface area contributed by atoms with E-state index in [0.717, 1.165) is 39.2 Å². The van der Waals surface area contributed by atoms with E-state index in [1.54, 1.807) is 21.6 Å². The average molecular weight is 638 g/mol. The number of rotatable bonds is 5. The van der Waals surface area contributed by atoms with E-state index >= 15 is 0 Å². The second-order valence-electron chi connectivity index (χ2n) is 11.8. The smallest absolute Gasteiger partial charge is 0.242 e. The van der Waals surface area contributed by atoms with Gasteiger partial charge in [0, 0.05) is 44.2 Å². The fourth-order valence-electron chi connectivity index (χ4n) is 6.31. The summed E-state index contributed by atoms with van der Waals surface area (Å²) in [5.74, 6) is 1.76. The highest BCUT2D eigenvalue weighted by molar-refractivity contribution is 8.00. The normalized spacial score (nSPS) is 17.6. The number of nitrogens with zero attached hydrogens (tertiary/aromatic N) is 5. The van der Waals surface area contributed by atoms with Crippen LogP contribution in [-0.4, -0.2) is 82.6 Å². The maximum absolute atomic E-state index is 14.2. The highest BCUT2D eigenvalue weighted by atomic mass is 32.2. The van der Waals surface area contributed by atoms with Crippen molar-refractivity contribution < 1.29 is 23.9 Å². The third-order valence-corrected chi connectivity index (χ3v) is 10.3. The lowest BCUT2D eigenvalue weighted by molar-refractivity contribution is -0.137. The zero-order valence-electron chi connectivity index (χ0n) is 26.1. The van der Waals surface area contributed by atoms with Crippen LogP contribution >= 0.6 is 11.8 Å². The molecule has 236 valence electrons. The van der Waals surface area contributed by atoms with Crippen LogP contribution in [0, 0.1) is 13.8 Å². The number of fused-ring (bicyclic) bond motifs is 2. The van der Waals surface area contributed by atoms with Crippen molar-refractivity contribution in [1.82, 2.24) is 19.6 Å². The Bertz CT molecular complexity index is 1830. The quantitative estimate of drug-likeness (QED) is 0.312. The maximum atomic E-state index is 14.2. The van der Waals surface area contributed by atoms with Crippen LogP contribution in [0.5, 0.6) is 11.5 Å². The van der Waals surface area contributed by atoms with Gasteiger partial charge in [-0.2, -0.15) is 5.10 Å². The molecule has 3 amide bonds. The number of piperazine rings is 1. The van der Waals surface area contributed by atoms with E-state index in [1.165, 1.54) is 11.8 Å². The zero-order valence-corrected chi connectivity index (χ0v) is 26.9. The van der Waals surface area contributed by atoms with Gasteiger partial charge in [-0.1, -0.05) is 48.5 Å². The van der Waals surface area contributed by atoms with Gasteiger partial charge in [-0.15, -0.1) is 11.8 Å². The average Bonchev–Trinajstić information content (AvgIpc) is 3.67. The van der Waals surface area contributed by atoms with Crippen LogP contribution in [0.4, 0.5) is 5.82 Å². The van der Waals surface area contributed by atoms with Gasteiger partial charge in [-0.25, -0.2) is 4.68 Å². The number of thioether (sulfide) groups is 1. The first-order chi connectivity index (χ1) is 22.3. The number of benzene rings is 3. The number of aryl methyl sites for hydroxylation is 1. The van der Waals surface area contributed by atoms with Gasteiger partial charge in [0.05, 0.1) is 22.4 Å². The van der Waals surface area contributed by atoms with Gasteiger partial charge in [0.25, 0.3) is 0 Å². The van der Waals surface area contributed by atoms with Gasteiger partial charge in [-0.05, 0) is 48.7 Å². The zero-order chi connectivity index (χ0) is 31.9. The summed E-state index contributed by atoms with van der Waals surface area (Å²) >= 11 is 1.52. The molecule has 3 aliphatic heterocycles. The lowest BCUT2D eigenvalue weighted by Gasteiger charge is -2.35. The van der Waals surface area contributed by atoms with E-state index in [4.69, 9.17) is 14.6 Å². The van der Waals surface area contributed by atoms with E-state index in [-0.39, 0.29) is 42.1 Å². The summed E-state index contributed by atoms with van der Waals surface area (Å²) in [6.45, 7) is 7.47. The molecule has 4 aromatic rings. The van der Waals surface area contributed by atoms with Gasteiger partial charge in [0.2, 0.25) is 24.5 Å². The molecule has 10 nitrogen and oxygen atoms in total. The highest BCUT2D eigenvalue weighted by Gasteiger charge is 2.39. The molecule has 1 fully saturated rings. The summed E-state index contributed by atoms with van der Waals surface area (Å²) < 4.78 is 13.2. The van der Waals surface area contributed by atoms with Crippen molar-refractivity contribution >= 4 is 35.3 Å². The number of hydrogen-bond acceptors (Lipinski definition) is 7. The molecule has 0 unspecified atom stereocenters. The molecular weight excluding hydrogens is 602 g/mol. The van der Waals surface area contributed by atoms with Gasteiger partial charge in [-0.3, -0.25) is 19.3 Å². The van der Waals surface area contributed by atoms with Gasteiger partial charge in [0.1, 0.15) is 12.4 Å². The second-order valence-corrected chi connectivity index (χ2v) is 12.8. The Kier molecular flexibility index (Phi) is 7.94. The van der Waals surface area contributed by atoms with Crippen molar-refractivity contribution in [3.8, 4) is 28.4 Å². The Morgan fingerprint density at radius 3 is 2.41 bits per heavy atom. The van der Waals surface area contributed by atoms with Crippen molar-refractivity contribution in [3.63, 3.8) is 0 Å². The van der Waals surface area contributed by atoms with Crippen LogP contribution < -0.4 is 14.4 Å². The second kappa shape index (κ2) is 12.2. The SMILES string of the molecule is CC(=O)N1CCN(C(=O)CN2C(=O)CS[C@H](c3ccc4c(c3)OCO4)c3c(-c4ccccc4)nn(-c4cccc(C)c4C)c32)CC1. The summed E-state index contributed by atoms with van der Waals surface area (Å²) in [7, 11) is 0. The molecule has 1 aromatic heterocycles. The summed E-state index contributed by atoms with van der Waals surface area (Å²) in [4.78, 5) is 45.1. The third-order valence-electron chi connectivity index (χ3n) is 9.01. The Hall–Kier alpha value is -4.77. The predicted molar refractivity (Wildman–Crippen MR) is 177 cm³/mol. The number of ether oxygens (including phenoxy) is 2. The minimum absolute atomic E-state index is 0.00288. The van der Waals surface area contributed by atoms with Crippen LogP contribution in [0.25, 0.3) is 16.9 Å². The van der Waals surface area contributed by atoms with Crippen LogP contribution in [0.2, 0.25) is 0 Å².